The molecular formula is C24H37N3O4. The van der Waals surface area contributed by atoms with E-state index in [0.29, 0.717) is 18.7 Å². The van der Waals surface area contributed by atoms with E-state index in [4.69, 9.17) is 4.74 Å². The maximum Gasteiger partial charge on any atom is 0.251 e. The van der Waals surface area contributed by atoms with E-state index in [9.17, 15) is 14.7 Å². The van der Waals surface area contributed by atoms with E-state index < -0.39 is 6.10 Å². The van der Waals surface area contributed by atoms with Crippen molar-refractivity contribution >= 4 is 11.8 Å². The first-order chi connectivity index (χ1) is 14.8. The summed E-state index contributed by atoms with van der Waals surface area (Å²) in [6.45, 7) is 7.26. The number of carbonyl (C=O) groups is 2. The van der Waals surface area contributed by atoms with Crippen molar-refractivity contribution in [2.24, 2.45) is 29.1 Å². The maximum absolute atomic E-state index is 12.7. The summed E-state index contributed by atoms with van der Waals surface area (Å²) in [6.07, 6.45) is 6.35. The van der Waals surface area contributed by atoms with Gasteiger partial charge in [-0.1, -0.05) is 20.8 Å². The third kappa shape index (κ3) is 5.09. The average Bonchev–Trinajstić information content (AvgIpc) is 2.76. The van der Waals surface area contributed by atoms with Gasteiger partial charge in [-0.2, -0.15) is 0 Å². The molecule has 2 aliphatic carbocycles. The zero-order valence-corrected chi connectivity index (χ0v) is 19.1. The Morgan fingerprint density at radius 3 is 2.65 bits per heavy atom. The Morgan fingerprint density at radius 1 is 1.29 bits per heavy atom. The first-order valence-corrected chi connectivity index (χ1v) is 11.4. The van der Waals surface area contributed by atoms with Crippen molar-refractivity contribution in [1.82, 2.24) is 15.6 Å². The highest BCUT2D eigenvalue weighted by atomic mass is 16.5. The summed E-state index contributed by atoms with van der Waals surface area (Å²) in [7, 11) is 1.61. The molecule has 1 aromatic rings. The predicted molar refractivity (Wildman–Crippen MR) is 118 cm³/mol. The van der Waals surface area contributed by atoms with Crippen LogP contribution in [0.2, 0.25) is 0 Å². The lowest BCUT2D eigenvalue weighted by Gasteiger charge is -2.56. The zero-order chi connectivity index (χ0) is 22.6. The summed E-state index contributed by atoms with van der Waals surface area (Å²) in [5.74, 6) is -0.331. The smallest absolute Gasteiger partial charge is 0.251 e. The average molecular weight is 432 g/mol. The van der Waals surface area contributed by atoms with Crippen LogP contribution in [0.1, 0.15) is 56.8 Å². The number of aliphatic hydroxyl groups is 1. The quantitative estimate of drug-likeness (QED) is 0.576. The SMILES string of the molecule is COCCNC(=O)[C@@H](C)[C@@H]1CC[C@]2(C)CC[C@H](NC(=O)c3ccncc3)[C@H](C)[C@@H]2[C@H]1O. The topological polar surface area (TPSA) is 101 Å². The van der Waals surface area contributed by atoms with Crippen molar-refractivity contribution < 1.29 is 19.4 Å². The number of nitrogens with zero attached hydrogens (tertiary/aromatic N) is 1. The van der Waals surface area contributed by atoms with Gasteiger partial charge in [0.1, 0.15) is 0 Å². The molecule has 1 heterocycles. The second kappa shape index (κ2) is 10.1. The Morgan fingerprint density at radius 2 is 1.97 bits per heavy atom. The second-order valence-electron chi connectivity index (χ2n) is 9.66. The highest BCUT2D eigenvalue weighted by molar-refractivity contribution is 5.94. The molecule has 7 nitrogen and oxygen atoms in total. The summed E-state index contributed by atoms with van der Waals surface area (Å²) in [5, 5.41) is 17.5. The van der Waals surface area contributed by atoms with Crippen LogP contribution < -0.4 is 10.6 Å². The minimum absolute atomic E-state index is 0.00187. The molecule has 0 aromatic carbocycles. The Bertz CT molecular complexity index is 758. The third-order valence-electron chi connectivity index (χ3n) is 7.81. The van der Waals surface area contributed by atoms with E-state index in [1.54, 1.807) is 31.6 Å². The summed E-state index contributed by atoms with van der Waals surface area (Å²) >= 11 is 0. The first-order valence-electron chi connectivity index (χ1n) is 11.4. The number of aromatic nitrogens is 1. The van der Waals surface area contributed by atoms with Crippen molar-refractivity contribution in [1.29, 1.82) is 0 Å². The molecule has 172 valence electrons. The number of hydrogen-bond acceptors (Lipinski definition) is 5. The van der Waals surface area contributed by atoms with Crippen LogP contribution in [0.25, 0.3) is 0 Å². The standard InChI is InChI=1S/C24H37N3O4/c1-15(22(29)26-13-14-31-4)18-5-9-24(3)10-6-19(16(2)20(24)21(18)28)27-23(30)17-7-11-25-12-8-17/h7-8,11-12,15-16,18-21,28H,5-6,9-10,13-14H2,1-4H3,(H,26,29)(H,27,30)/t15-,16-,18-,19-,20+,21-,24+/m0/s1. The fraction of sp³-hybridized carbons (Fsp3) is 0.708. The van der Waals surface area contributed by atoms with E-state index in [2.05, 4.69) is 29.5 Å². The van der Waals surface area contributed by atoms with E-state index >= 15 is 0 Å². The van der Waals surface area contributed by atoms with Crippen molar-refractivity contribution in [3.8, 4) is 0 Å². The highest BCUT2D eigenvalue weighted by Crippen LogP contribution is 2.55. The van der Waals surface area contributed by atoms with Crippen LogP contribution in [0.15, 0.2) is 24.5 Å². The molecule has 3 rings (SSSR count). The van der Waals surface area contributed by atoms with Gasteiger partial charge in [0, 0.05) is 43.6 Å². The molecule has 0 spiro atoms. The Kier molecular flexibility index (Phi) is 7.70. The number of aliphatic hydroxyl groups excluding tert-OH is 1. The molecule has 31 heavy (non-hydrogen) atoms. The van der Waals surface area contributed by atoms with E-state index in [1.807, 2.05) is 6.92 Å². The number of rotatable bonds is 7. The van der Waals surface area contributed by atoms with Gasteiger partial charge in [0.25, 0.3) is 5.91 Å². The van der Waals surface area contributed by atoms with Gasteiger partial charge < -0.3 is 20.5 Å². The number of pyridine rings is 1. The minimum atomic E-state index is -0.572. The Balaban J connectivity index is 1.70. The number of carbonyl (C=O) groups excluding carboxylic acids is 2. The fourth-order valence-corrected chi connectivity index (χ4v) is 5.88. The summed E-state index contributed by atoms with van der Waals surface area (Å²) in [5.41, 5.74) is 0.624. The summed E-state index contributed by atoms with van der Waals surface area (Å²) in [6, 6.07) is 3.42. The molecule has 1 aromatic heterocycles. The molecule has 2 saturated carbocycles. The number of fused-ring (bicyclic) bond motifs is 1. The highest BCUT2D eigenvalue weighted by Gasteiger charge is 2.53. The number of nitrogens with one attached hydrogen (secondary N) is 2. The van der Waals surface area contributed by atoms with Crippen LogP contribution in [0.3, 0.4) is 0 Å². The predicted octanol–water partition coefficient (Wildman–Crippen LogP) is 2.40. The molecule has 0 radical (unpaired) electrons. The van der Waals surface area contributed by atoms with Crippen LogP contribution in [0, 0.1) is 29.1 Å². The Hall–Kier alpha value is -1.99. The lowest BCUT2D eigenvalue weighted by atomic mass is 9.51. The van der Waals surface area contributed by atoms with Crippen LogP contribution in [-0.4, -0.2) is 54.3 Å². The molecular weight excluding hydrogens is 394 g/mol. The fourth-order valence-electron chi connectivity index (χ4n) is 5.88. The van der Waals surface area contributed by atoms with Crippen molar-refractivity contribution in [3.05, 3.63) is 30.1 Å². The molecule has 2 amide bonds. The zero-order valence-electron chi connectivity index (χ0n) is 19.1. The molecule has 0 saturated heterocycles. The van der Waals surface area contributed by atoms with Gasteiger partial charge in [-0.15, -0.1) is 0 Å². The van der Waals surface area contributed by atoms with E-state index in [0.717, 1.165) is 25.7 Å². The van der Waals surface area contributed by atoms with Crippen LogP contribution in [-0.2, 0) is 9.53 Å². The largest absolute Gasteiger partial charge is 0.392 e. The number of amides is 2. The van der Waals surface area contributed by atoms with Crippen molar-refractivity contribution in [2.45, 2.75) is 58.6 Å². The minimum Gasteiger partial charge on any atom is -0.392 e. The second-order valence-corrected chi connectivity index (χ2v) is 9.66. The normalized spacial score (nSPS) is 33.8. The Labute approximate surface area is 185 Å². The summed E-state index contributed by atoms with van der Waals surface area (Å²) < 4.78 is 5.01. The molecule has 2 fully saturated rings. The monoisotopic (exact) mass is 431 g/mol. The van der Waals surface area contributed by atoms with Gasteiger partial charge in [-0.05, 0) is 61.0 Å². The van der Waals surface area contributed by atoms with Gasteiger partial charge in [0.2, 0.25) is 5.91 Å². The van der Waals surface area contributed by atoms with Crippen molar-refractivity contribution in [3.63, 3.8) is 0 Å². The van der Waals surface area contributed by atoms with Gasteiger partial charge in [0.15, 0.2) is 0 Å². The molecule has 0 unspecified atom stereocenters. The first kappa shape index (κ1) is 23.7. The van der Waals surface area contributed by atoms with Crippen LogP contribution in [0.4, 0.5) is 0 Å². The summed E-state index contributed by atoms with van der Waals surface area (Å²) in [4.78, 5) is 29.3. The lowest BCUT2D eigenvalue weighted by molar-refractivity contribution is -0.142. The molecule has 3 N–H and O–H groups in total. The molecule has 7 heteroatoms. The van der Waals surface area contributed by atoms with Crippen LogP contribution >= 0.6 is 0 Å². The van der Waals surface area contributed by atoms with Crippen molar-refractivity contribution in [2.75, 3.05) is 20.3 Å². The molecule has 0 bridgehead atoms. The van der Waals surface area contributed by atoms with Gasteiger partial charge in [-0.25, -0.2) is 0 Å². The van der Waals surface area contributed by atoms with E-state index in [-0.39, 0.29) is 46.9 Å². The van der Waals surface area contributed by atoms with Gasteiger partial charge >= 0.3 is 0 Å². The molecule has 2 aliphatic rings. The van der Waals surface area contributed by atoms with Gasteiger partial charge in [0.05, 0.1) is 12.7 Å². The van der Waals surface area contributed by atoms with Gasteiger partial charge in [-0.3, -0.25) is 14.6 Å². The maximum atomic E-state index is 12.7. The number of ether oxygens (including phenoxy) is 1. The third-order valence-corrected chi connectivity index (χ3v) is 7.81. The lowest BCUT2D eigenvalue weighted by Crippen LogP contribution is -2.58. The molecule has 0 aliphatic heterocycles. The number of hydrogen-bond donors (Lipinski definition) is 3. The number of methoxy groups -OCH3 is 1. The van der Waals surface area contributed by atoms with Crippen LogP contribution in [0.5, 0.6) is 0 Å². The molecule has 7 atom stereocenters. The van der Waals surface area contributed by atoms with E-state index in [1.165, 1.54) is 0 Å².